The van der Waals surface area contributed by atoms with Crippen LogP contribution in [-0.2, 0) is 21.9 Å². The van der Waals surface area contributed by atoms with Gasteiger partial charge in [0.05, 0.1) is 24.1 Å². The zero-order valence-corrected chi connectivity index (χ0v) is 21.1. The minimum absolute atomic E-state index is 0.107. The number of methoxy groups -OCH3 is 1. The summed E-state index contributed by atoms with van der Waals surface area (Å²) >= 11 is 0. The highest BCUT2D eigenvalue weighted by Crippen LogP contribution is 2.26. The fourth-order valence-electron chi connectivity index (χ4n) is 3.58. The fraction of sp³-hybridized carbons (Fsp3) is 0.0741. The molecule has 0 aliphatic heterocycles. The minimum atomic E-state index is -2.75. The van der Waals surface area contributed by atoms with Gasteiger partial charge in [-0.1, -0.05) is 24.3 Å². The van der Waals surface area contributed by atoms with Crippen LogP contribution in [0.15, 0.2) is 94.9 Å². The van der Waals surface area contributed by atoms with Crippen molar-refractivity contribution in [3.8, 4) is 16.9 Å². The Kier molecular flexibility index (Phi) is 8.29. The molecule has 0 unspecified atom stereocenters. The van der Waals surface area contributed by atoms with Gasteiger partial charge in [-0.15, -0.1) is 0 Å². The first-order chi connectivity index (χ1) is 18.3. The number of pyridine rings is 1. The summed E-state index contributed by atoms with van der Waals surface area (Å²) in [6.45, 7) is 0. The lowest BCUT2D eigenvalue weighted by Crippen LogP contribution is -2.16. The lowest BCUT2D eigenvalue weighted by atomic mass is 10.1. The molecular weight excluding hydrogens is 509 g/mol. The number of benzene rings is 3. The number of hydrogen-bond acceptors (Lipinski definition) is 5. The summed E-state index contributed by atoms with van der Waals surface area (Å²) in [5.41, 5.74) is 3.97. The summed E-state index contributed by atoms with van der Waals surface area (Å²) in [5, 5.41) is 13.7. The van der Waals surface area contributed by atoms with Crippen molar-refractivity contribution in [2.24, 2.45) is 4.99 Å². The quantitative estimate of drug-likeness (QED) is 0.139. The first-order valence-electron chi connectivity index (χ1n) is 11.4. The second kappa shape index (κ2) is 12.0. The smallest absolute Gasteiger partial charge is 0.228 e. The van der Waals surface area contributed by atoms with E-state index in [2.05, 4.69) is 20.6 Å². The predicted molar refractivity (Wildman–Crippen MR) is 143 cm³/mol. The highest BCUT2D eigenvalue weighted by Gasteiger charge is 2.08. The fourth-order valence-corrected chi connectivity index (χ4v) is 4.00. The van der Waals surface area contributed by atoms with Gasteiger partial charge in [0.2, 0.25) is 11.9 Å². The van der Waals surface area contributed by atoms with E-state index in [-0.39, 0.29) is 34.7 Å². The Morgan fingerprint density at radius 2 is 1.68 bits per heavy atom. The highest BCUT2D eigenvalue weighted by atomic mass is 32.2. The van der Waals surface area contributed by atoms with Crippen molar-refractivity contribution < 1.29 is 22.3 Å². The maximum absolute atomic E-state index is 13.0. The molecule has 4 N–H and O–H groups in total. The number of halogens is 1. The van der Waals surface area contributed by atoms with Crippen LogP contribution in [0.4, 0.5) is 15.8 Å². The van der Waals surface area contributed by atoms with E-state index < -0.39 is 10.7 Å². The zero-order valence-electron chi connectivity index (χ0n) is 20.2. The number of hydrogen-bond donors (Lipinski definition) is 5. The number of nitrogens with zero attached hydrogens (tertiary/aromatic N) is 1. The van der Waals surface area contributed by atoms with E-state index in [9.17, 15) is 17.6 Å². The Hall–Kier alpha value is -4.77. The normalized spacial score (nSPS) is 11.3. The molecule has 38 heavy (non-hydrogen) atoms. The topological polar surface area (TPSA) is 136 Å². The Bertz CT molecular complexity index is 1590. The summed E-state index contributed by atoms with van der Waals surface area (Å²) in [7, 11) is -1.34. The van der Waals surface area contributed by atoms with E-state index in [4.69, 9.17) is 10.1 Å². The monoisotopic (exact) mass is 533 g/mol. The summed E-state index contributed by atoms with van der Waals surface area (Å²) in [4.78, 5) is 19.6. The molecule has 1 aromatic heterocycles. The molecule has 1 amide bonds. The predicted octanol–water partition coefficient (Wildman–Crippen LogP) is 3.93. The largest absolute Gasteiger partial charge is 0.495 e. The van der Waals surface area contributed by atoms with Crippen LogP contribution in [-0.4, -0.2) is 32.4 Å². The second-order valence-electron chi connectivity index (χ2n) is 8.12. The van der Waals surface area contributed by atoms with Crippen molar-refractivity contribution in [3.05, 3.63) is 102 Å². The Morgan fingerprint density at radius 3 is 2.32 bits per heavy atom. The number of H-pyrrole nitrogens is 1. The van der Waals surface area contributed by atoms with Gasteiger partial charge in [0, 0.05) is 18.0 Å². The van der Waals surface area contributed by atoms with Crippen LogP contribution < -0.4 is 20.9 Å². The lowest BCUT2D eigenvalue weighted by molar-refractivity contribution is -0.115. The van der Waals surface area contributed by atoms with Crippen molar-refractivity contribution >= 4 is 33.9 Å². The van der Waals surface area contributed by atoms with Crippen molar-refractivity contribution in [2.75, 3.05) is 17.7 Å². The number of aromatic nitrogens is 1. The van der Waals surface area contributed by atoms with Crippen LogP contribution in [0.5, 0.6) is 5.75 Å². The Labute approximate surface area is 219 Å². The minimum Gasteiger partial charge on any atom is -0.495 e. The molecule has 0 aliphatic carbocycles. The SMILES string of the molecule is COc1cc([SH](=O)=O)ccc1NC(=N)/N=c1/ccc(-c2ccc(NC(=O)Cc3ccc(F)cc3)cc2)c[nH]1. The van der Waals surface area contributed by atoms with E-state index in [1.54, 1.807) is 36.5 Å². The molecule has 3 aromatic carbocycles. The number of nitrogens with one attached hydrogen (secondary N) is 4. The van der Waals surface area contributed by atoms with E-state index in [1.165, 1.54) is 37.4 Å². The van der Waals surface area contributed by atoms with Crippen molar-refractivity contribution in [2.45, 2.75) is 11.3 Å². The van der Waals surface area contributed by atoms with Crippen molar-refractivity contribution in [3.63, 3.8) is 0 Å². The number of thiol groups is 1. The van der Waals surface area contributed by atoms with Gasteiger partial charge >= 0.3 is 0 Å². The van der Waals surface area contributed by atoms with Gasteiger partial charge in [0.25, 0.3) is 0 Å². The van der Waals surface area contributed by atoms with E-state index in [0.29, 0.717) is 16.9 Å². The van der Waals surface area contributed by atoms with Crippen LogP contribution in [0.3, 0.4) is 0 Å². The molecule has 0 atom stereocenters. The molecule has 194 valence electrons. The third kappa shape index (κ3) is 6.92. The van der Waals surface area contributed by atoms with Gasteiger partial charge in [0.1, 0.15) is 17.1 Å². The third-order valence-corrected chi connectivity index (χ3v) is 6.16. The molecule has 4 aromatic rings. The summed E-state index contributed by atoms with van der Waals surface area (Å²) in [6.07, 6.45) is 1.89. The number of anilines is 2. The number of ether oxygens (including phenoxy) is 1. The molecule has 1 heterocycles. The number of rotatable bonds is 7. The van der Waals surface area contributed by atoms with Crippen molar-refractivity contribution in [1.29, 1.82) is 5.41 Å². The third-order valence-electron chi connectivity index (χ3n) is 5.46. The number of carbonyl (C=O) groups is 1. The highest BCUT2D eigenvalue weighted by molar-refractivity contribution is 7.72. The van der Waals surface area contributed by atoms with E-state index >= 15 is 0 Å². The average molecular weight is 534 g/mol. The van der Waals surface area contributed by atoms with Crippen LogP contribution >= 0.6 is 0 Å². The summed E-state index contributed by atoms with van der Waals surface area (Å²) in [6, 6.07) is 20.9. The maximum Gasteiger partial charge on any atom is 0.228 e. The second-order valence-corrected chi connectivity index (χ2v) is 9.15. The molecule has 0 fully saturated rings. The molecule has 11 heteroatoms. The van der Waals surface area contributed by atoms with Gasteiger partial charge in [-0.2, -0.15) is 4.99 Å². The number of aromatic amines is 1. The number of guanidine groups is 1. The average Bonchev–Trinajstić information content (AvgIpc) is 2.91. The molecule has 0 aliphatic rings. The molecule has 0 bridgehead atoms. The van der Waals surface area contributed by atoms with Gasteiger partial charge < -0.3 is 20.4 Å². The molecule has 0 radical (unpaired) electrons. The van der Waals surface area contributed by atoms with Gasteiger partial charge in [0.15, 0.2) is 10.7 Å². The molecule has 0 spiro atoms. The molecule has 9 nitrogen and oxygen atoms in total. The number of carbonyl (C=O) groups excluding carboxylic acids is 1. The summed E-state index contributed by atoms with van der Waals surface area (Å²) < 4.78 is 40.6. The maximum atomic E-state index is 13.0. The summed E-state index contributed by atoms with van der Waals surface area (Å²) in [5.74, 6) is -0.444. The first kappa shape index (κ1) is 26.3. The van der Waals surface area contributed by atoms with Gasteiger partial charge in [-0.3, -0.25) is 10.2 Å². The molecule has 0 saturated heterocycles. The molecule has 4 rings (SSSR count). The van der Waals surface area contributed by atoms with Crippen LogP contribution in [0.2, 0.25) is 0 Å². The van der Waals surface area contributed by atoms with Gasteiger partial charge in [-0.25, -0.2) is 12.8 Å². The van der Waals surface area contributed by atoms with Gasteiger partial charge in [-0.05, 0) is 65.2 Å². The van der Waals surface area contributed by atoms with Crippen LogP contribution in [0, 0.1) is 11.2 Å². The van der Waals surface area contributed by atoms with E-state index in [1.807, 2.05) is 18.2 Å². The zero-order chi connectivity index (χ0) is 27.1. The van der Waals surface area contributed by atoms with Crippen LogP contribution in [0.1, 0.15) is 5.56 Å². The molecular formula is C27H24FN5O4S. The van der Waals surface area contributed by atoms with Crippen LogP contribution in [0.25, 0.3) is 11.1 Å². The lowest BCUT2D eigenvalue weighted by Gasteiger charge is -2.10. The molecule has 0 saturated carbocycles. The Balaban J connectivity index is 1.38. The van der Waals surface area contributed by atoms with E-state index in [0.717, 1.165) is 16.7 Å². The first-order valence-corrected chi connectivity index (χ1v) is 12.5. The van der Waals surface area contributed by atoms with Crippen molar-refractivity contribution in [1.82, 2.24) is 4.98 Å². The Morgan fingerprint density at radius 1 is 0.974 bits per heavy atom. The standard InChI is InChI=1S/C27H24FN5O4S/c1-37-24-15-22(38(35)36)11-12-23(24)32-27(29)33-25-13-6-19(16-30-25)18-4-9-21(10-5-18)31-26(34)14-17-2-7-20(28)8-3-17/h2-13,15-16,38H,14H2,1H3,(H,31,34)(H3,29,30,32,33). The number of amides is 1.